The van der Waals surface area contributed by atoms with Gasteiger partial charge in [-0.1, -0.05) is 0 Å². The van der Waals surface area contributed by atoms with Crippen molar-refractivity contribution in [2.45, 2.75) is 12.4 Å². The van der Waals surface area contributed by atoms with Crippen LogP contribution in [0.4, 0.5) is 26.3 Å². The maximum Gasteiger partial charge on any atom is 0.417 e. The Labute approximate surface area is 114 Å². The molecular weight excluding hydrogens is 464 g/mol. The van der Waals surface area contributed by atoms with Crippen LogP contribution in [0.3, 0.4) is 0 Å². The Morgan fingerprint density at radius 1 is 0.750 bits per heavy atom. The third kappa shape index (κ3) is 3.14. The molecule has 0 saturated carbocycles. The fourth-order valence-electron chi connectivity index (χ4n) is 1.00. The van der Waals surface area contributed by atoms with Gasteiger partial charge in [0.25, 0.3) is 0 Å². The van der Waals surface area contributed by atoms with E-state index < -0.39 is 27.0 Å². The smallest absolute Gasteiger partial charge is 0.166 e. The van der Waals surface area contributed by atoms with Crippen LogP contribution >= 0.6 is 45.2 Å². The highest BCUT2D eigenvalue weighted by Gasteiger charge is 2.40. The van der Waals surface area contributed by atoms with Gasteiger partial charge in [-0.3, -0.25) is 0 Å². The van der Waals surface area contributed by atoms with Crippen LogP contribution in [-0.2, 0) is 12.4 Å². The average Bonchev–Trinajstić information content (AvgIpc) is 2.04. The van der Waals surface area contributed by atoms with Crippen molar-refractivity contribution in [2.75, 3.05) is 0 Å². The lowest BCUT2D eigenvalue weighted by Gasteiger charge is -2.15. The van der Waals surface area contributed by atoms with E-state index in [0.29, 0.717) is 12.1 Å². The van der Waals surface area contributed by atoms with Gasteiger partial charge < -0.3 is 0 Å². The largest absolute Gasteiger partial charge is 0.417 e. The van der Waals surface area contributed by atoms with Gasteiger partial charge in [0.2, 0.25) is 0 Å². The summed E-state index contributed by atoms with van der Waals surface area (Å²) in [6, 6.07) is 1.38. The van der Waals surface area contributed by atoms with Crippen molar-refractivity contribution < 1.29 is 26.3 Å². The summed E-state index contributed by atoms with van der Waals surface area (Å²) in [5.41, 5.74) is -2.51. The molecule has 0 aliphatic carbocycles. The SMILES string of the molecule is FC(F)(F)c1cc(I)cc(C(F)(F)F)c1I. The van der Waals surface area contributed by atoms with Gasteiger partial charge in [0.1, 0.15) is 0 Å². The van der Waals surface area contributed by atoms with Crippen molar-refractivity contribution in [1.29, 1.82) is 0 Å². The van der Waals surface area contributed by atoms with Gasteiger partial charge in [0, 0.05) is 7.14 Å². The molecule has 1 rings (SSSR count). The minimum atomic E-state index is -4.78. The molecule has 8 heteroatoms. The zero-order chi connectivity index (χ0) is 12.7. The van der Waals surface area contributed by atoms with Gasteiger partial charge in [0.15, 0.2) is 0 Å². The van der Waals surface area contributed by atoms with Crippen LogP contribution in [-0.4, -0.2) is 0 Å². The molecule has 0 heterocycles. The van der Waals surface area contributed by atoms with Crippen molar-refractivity contribution in [3.8, 4) is 0 Å². The molecule has 0 aromatic heterocycles. The molecule has 0 unspecified atom stereocenters. The molecule has 0 amide bonds. The van der Waals surface area contributed by atoms with E-state index in [-0.39, 0.29) is 3.57 Å². The third-order valence-electron chi connectivity index (χ3n) is 1.65. The Morgan fingerprint density at radius 3 is 1.31 bits per heavy atom. The maximum atomic E-state index is 12.4. The molecular formula is C8H2F6I2. The van der Waals surface area contributed by atoms with Crippen molar-refractivity contribution >= 4 is 45.2 Å². The molecule has 0 atom stereocenters. The van der Waals surface area contributed by atoms with E-state index >= 15 is 0 Å². The number of hydrogen-bond donors (Lipinski definition) is 0. The lowest BCUT2D eigenvalue weighted by Crippen LogP contribution is -2.15. The first kappa shape index (κ1) is 14.3. The number of alkyl halides is 6. The van der Waals surface area contributed by atoms with Crippen LogP contribution in [0.1, 0.15) is 11.1 Å². The van der Waals surface area contributed by atoms with Gasteiger partial charge in [0.05, 0.1) is 11.1 Å². The molecule has 0 aliphatic heterocycles. The standard InChI is InChI=1S/C8H2F6I2/c9-7(10,11)4-1-3(15)2-5(6(4)16)8(12,13)14/h1-2H. The number of rotatable bonds is 0. The highest BCUT2D eigenvalue weighted by atomic mass is 127. The summed E-state index contributed by atoms with van der Waals surface area (Å²) in [6.45, 7) is 0. The highest BCUT2D eigenvalue weighted by molar-refractivity contribution is 14.1. The first-order valence-corrected chi connectivity index (χ1v) is 5.82. The molecule has 0 radical (unpaired) electrons. The van der Waals surface area contributed by atoms with E-state index in [2.05, 4.69) is 0 Å². The Bertz CT molecular complexity index is 371. The lowest BCUT2D eigenvalue weighted by atomic mass is 10.1. The summed E-state index contributed by atoms with van der Waals surface area (Å²) in [5, 5.41) is 0. The average molecular weight is 466 g/mol. The van der Waals surface area contributed by atoms with Gasteiger partial charge >= 0.3 is 12.4 Å². The van der Waals surface area contributed by atoms with E-state index in [1.807, 2.05) is 0 Å². The fraction of sp³-hybridized carbons (Fsp3) is 0.250. The summed E-state index contributed by atoms with van der Waals surface area (Å²) in [7, 11) is 0. The lowest BCUT2D eigenvalue weighted by molar-refractivity contribution is -0.144. The molecule has 0 bridgehead atoms. The van der Waals surface area contributed by atoms with Crippen LogP contribution in [0.25, 0.3) is 0 Å². The van der Waals surface area contributed by atoms with E-state index in [4.69, 9.17) is 0 Å². The van der Waals surface area contributed by atoms with Crippen LogP contribution in [0, 0.1) is 7.14 Å². The van der Waals surface area contributed by atoms with E-state index in [1.54, 1.807) is 0 Å². The predicted molar refractivity (Wildman–Crippen MR) is 61.9 cm³/mol. The van der Waals surface area contributed by atoms with Crippen molar-refractivity contribution in [2.24, 2.45) is 0 Å². The normalized spacial score (nSPS) is 13.0. The van der Waals surface area contributed by atoms with Crippen LogP contribution < -0.4 is 0 Å². The molecule has 0 saturated heterocycles. The second kappa shape index (κ2) is 4.50. The number of benzene rings is 1. The molecule has 0 N–H and O–H groups in total. The predicted octanol–water partition coefficient (Wildman–Crippen LogP) is 4.93. The zero-order valence-electron chi connectivity index (χ0n) is 7.18. The summed E-state index contributed by atoms with van der Waals surface area (Å²) in [6.07, 6.45) is -9.56. The van der Waals surface area contributed by atoms with E-state index in [1.165, 1.54) is 22.6 Å². The number of hydrogen-bond acceptors (Lipinski definition) is 0. The first-order chi connectivity index (χ1) is 7.03. The van der Waals surface area contributed by atoms with Gasteiger partial charge in [-0.2, -0.15) is 26.3 Å². The van der Waals surface area contributed by atoms with Crippen molar-refractivity contribution in [1.82, 2.24) is 0 Å². The van der Waals surface area contributed by atoms with Gasteiger partial charge in [-0.15, -0.1) is 0 Å². The monoisotopic (exact) mass is 466 g/mol. The quantitative estimate of drug-likeness (QED) is 0.376. The topological polar surface area (TPSA) is 0 Å². The molecule has 0 spiro atoms. The van der Waals surface area contributed by atoms with Gasteiger partial charge in [-0.05, 0) is 57.3 Å². The summed E-state index contributed by atoms with van der Waals surface area (Å²) >= 11 is 2.49. The third-order valence-corrected chi connectivity index (χ3v) is 3.43. The Morgan fingerprint density at radius 2 is 1.06 bits per heavy atom. The molecule has 0 fully saturated rings. The Kier molecular flexibility index (Phi) is 4.03. The minimum absolute atomic E-state index is 0.0994. The second-order valence-electron chi connectivity index (χ2n) is 2.81. The zero-order valence-corrected chi connectivity index (χ0v) is 11.5. The van der Waals surface area contributed by atoms with E-state index in [0.717, 1.165) is 22.6 Å². The molecule has 90 valence electrons. The summed E-state index contributed by atoms with van der Waals surface area (Å²) < 4.78 is 73.6. The minimum Gasteiger partial charge on any atom is -0.166 e. The molecule has 1 aromatic rings. The summed E-state index contributed by atoms with van der Waals surface area (Å²) in [4.78, 5) is 0. The van der Waals surface area contributed by atoms with Gasteiger partial charge in [-0.25, -0.2) is 0 Å². The van der Waals surface area contributed by atoms with Crippen LogP contribution in [0.15, 0.2) is 12.1 Å². The first-order valence-electron chi connectivity index (χ1n) is 3.67. The maximum absolute atomic E-state index is 12.4. The Hall–Kier alpha value is 0.260. The fourth-order valence-corrected chi connectivity index (χ4v) is 2.55. The van der Waals surface area contributed by atoms with Crippen LogP contribution in [0.2, 0.25) is 0 Å². The summed E-state index contributed by atoms with van der Waals surface area (Å²) in [5.74, 6) is 0. The van der Waals surface area contributed by atoms with Crippen molar-refractivity contribution in [3.63, 3.8) is 0 Å². The molecule has 1 aromatic carbocycles. The molecule has 0 aliphatic rings. The van der Waals surface area contributed by atoms with E-state index in [9.17, 15) is 26.3 Å². The molecule has 16 heavy (non-hydrogen) atoms. The highest BCUT2D eigenvalue weighted by Crippen LogP contribution is 2.40. The van der Waals surface area contributed by atoms with Crippen molar-refractivity contribution in [3.05, 3.63) is 30.4 Å². The second-order valence-corrected chi connectivity index (χ2v) is 5.13. The molecule has 0 nitrogen and oxygen atoms in total. The number of halogens is 8. The Balaban J connectivity index is 3.51. The van der Waals surface area contributed by atoms with Crippen LogP contribution in [0.5, 0.6) is 0 Å².